The van der Waals surface area contributed by atoms with Crippen molar-refractivity contribution in [3.63, 3.8) is 0 Å². The van der Waals surface area contributed by atoms with Gasteiger partial charge in [0.1, 0.15) is 0 Å². The van der Waals surface area contributed by atoms with Crippen LogP contribution in [0.25, 0.3) is 0 Å². The van der Waals surface area contributed by atoms with Crippen molar-refractivity contribution < 1.29 is 0 Å². The van der Waals surface area contributed by atoms with Crippen molar-refractivity contribution in [3.8, 4) is 0 Å². The molecular formula is C16H33BrN2S. The average Bonchev–Trinajstić information content (AvgIpc) is 2.42. The van der Waals surface area contributed by atoms with E-state index in [9.17, 15) is 0 Å². The topological polar surface area (TPSA) is 38.4 Å². The summed E-state index contributed by atoms with van der Waals surface area (Å²) in [6.07, 6.45) is 15.6. The molecule has 0 aromatic rings. The number of aliphatic imine (C=N–C) groups is 1. The van der Waals surface area contributed by atoms with E-state index in [1.165, 1.54) is 64.2 Å². The second-order valence-corrected chi connectivity index (χ2v) is 6.11. The van der Waals surface area contributed by atoms with Gasteiger partial charge in [-0.15, -0.1) is 23.6 Å². The van der Waals surface area contributed by atoms with Crippen LogP contribution in [0.5, 0.6) is 0 Å². The number of nitrogens with two attached hydrogens (primary N) is 1. The minimum absolute atomic E-state index is 0. The maximum absolute atomic E-state index is 5.75. The zero-order valence-electron chi connectivity index (χ0n) is 13.1. The highest BCUT2D eigenvalue weighted by Crippen LogP contribution is 2.12. The zero-order valence-corrected chi connectivity index (χ0v) is 15.6. The average molecular weight is 365 g/mol. The smallest absolute Gasteiger partial charge is 0.154 e. The molecule has 0 aromatic carbocycles. The molecule has 0 atom stereocenters. The van der Waals surface area contributed by atoms with E-state index < -0.39 is 0 Å². The summed E-state index contributed by atoms with van der Waals surface area (Å²) < 4.78 is 0. The molecule has 0 aliphatic heterocycles. The largest absolute Gasteiger partial charge is 0.379 e. The summed E-state index contributed by atoms with van der Waals surface area (Å²) in [6.45, 7) is 6.53. The van der Waals surface area contributed by atoms with Crippen molar-refractivity contribution in [1.29, 1.82) is 0 Å². The van der Waals surface area contributed by atoms with Gasteiger partial charge >= 0.3 is 0 Å². The van der Waals surface area contributed by atoms with E-state index in [1.54, 1.807) is 17.8 Å². The number of halogens is 1. The molecular weight excluding hydrogens is 332 g/mol. The lowest BCUT2D eigenvalue weighted by Gasteiger charge is -2.02. The van der Waals surface area contributed by atoms with E-state index in [1.807, 2.05) is 0 Å². The number of thioether (sulfide) groups is 1. The Bertz CT molecular complexity index is 233. The van der Waals surface area contributed by atoms with Gasteiger partial charge in [0.15, 0.2) is 5.17 Å². The highest BCUT2D eigenvalue weighted by Gasteiger charge is 1.95. The molecule has 120 valence electrons. The van der Waals surface area contributed by atoms with Gasteiger partial charge in [-0.25, -0.2) is 0 Å². The molecule has 0 bridgehead atoms. The fraction of sp³-hybridized carbons (Fsp3) is 0.812. The predicted octanol–water partition coefficient (Wildman–Crippen LogP) is 5.72. The lowest BCUT2D eigenvalue weighted by atomic mass is 10.1. The third kappa shape index (κ3) is 18.0. The van der Waals surface area contributed by atoms with E-state index in [4.69, 9.17) is 5.73 Å². The molecule has 0 saturated carbocycles. The van der Waals surface area contributed by atoms with Crippen molar-refractivity contribution >= 4 is 33.9 Å². The third-order valence-corrected chi connectivity index (χ3v) is 4.04. The van der Waals surface area contributed by atoms with Gasteiger partial charge in [0.05, 0.1) is 6.54 Å². The first-order valence-corrected chi connectivity index (χ1v) is 8.83. The van der Waals surface area contributed by atoms with Crippen LogP contribution in [0.3, 0.4) is 0 Å². The molecule has 0 amide bonds. The van der Waals surface area contributed by atoms with Gasteiger partial charge in [0, 0.05) is 5.75 Å². The number of rotatable bonds is 13. The summed E-state index contributed by atoms with van der Waals surface area (Å²) >= 11 is 1.67. The first-order chi connectivity index (χ1) is 9.31. The van der Waals surface area contributed by atoms with Crippen molar-refractivity contribution in [1.82, 2.24) is 0 Å². The maximum atomic E-state index is 5.75. The second-order valence-electron chi connectivity index (χ2n) is 5.00. The van der Waals surface area contributed by atoms with Gasteiger partial charge in [-0.2, -0.15) is 0 Å². The minimum Gasteiger partial charge on any atom is -0.379 e. The molecule has 0 aliphatic rings. The predicted molar refractivity (Wildman–Crippen MR) is 101 cm³/mol. The van der Waals surface area contributed by atoms with Crippen LogP contribution >= 0.6 is 28.7 Å². The van der Waals surface area contributed by atoms with E-state index in [2.05, 4.69) is 18.5 Å². The molecule has 0 spiro atoms. The summed E-state index contributed by atoms with van der Waals surface area (Å²) in [7, 11) is 0. The number of unbranched alkanes of at least 4 members (excludes halogenated alkanes) is 9. The molecule has 0 heterocycles. The Labute approximate surface area is 140 Å². The first kappa shape index (κ1) is 22.3. The molecule has 4 heteroatoms. The van der Waals surface area contributed by atoms with Gasteiger partial charge in [0.2, 0.25) is 0 Å². The van der Waals surface area contributed by atoms with Crippen LogP contribution in [-0.4, -0.2) is 17.5 Å². The molecule has 0 fully saturated rings. The fourth-order valence-corrected chi connectivity index (χ4v) is 2.69. The number of hydrogen-bond acceptors (Lipinski definition) is 2. The van der Waals surface area contributed by atoms with Gasteiger partial charge in [-0.1, -0.05) is 82.5 Å². The van der Waals surface area contributed by atoms with E-state index in [-0.39, 0.29) is 17.0 Å². The Balaban J connectivity index is 0. The van der Waals surface area contributed by atoms with Gasteiger partial charge < -0.3 is 5.73 Å². The summed E-state index contributed by atoms with van der Waals surface area (Å²) in [6, 6.07) is 0. The summed E-state index contributed by atoms with van der Waals surface area (Å²) in [5, 5.41) is 0.704. The molecule has 0 aromatic heterocycles. The Morgan fingerprint density at radius 2 is 1.50 bits per heavy atom. The fourth-order valence-electron chi connectivity index (χ4n) is 1.97. The summed E-state index contributed by atoms with van der Waals surface area (Å²) in [5.74, 6) is 1.10. The van der Waals surface area contributed by atoms with Gasteiger partial charge in [-0.05, 0) is 6.42 Å². The Hall–Kier alpha value is 0.0400. The zero-order chi connectivity index (χ0) is 14.2. The molecule has 0 rings (SSSR count). The highest BCUT2D eigenvalue weighted by atomic mass is 79.9. The van der Waals surface area contributed by atoms with Crippen molar-refractivity contribution in [2.75, 3.05) is 12.3 Å². The second kappa shape index (κ2) is 19.0. The van der Waals surface area contributed by atoms with E-state index >= 15 is 0 Å². The van der Waals surface area contributed by atoms with Crippen molar-refractivity contribution in [2.45, 2.75) is 71.1 Å². The molecule has 0 unspecified atom stereocenters. The van der Waals surface area contributed by atoms with E-state index in [0.717, 1.165) is 5.75 Å². The van der Waals surface area contributed by atoms with Crippen molar-refractivity contribution in [3.05, 3.63) is 12.7 Å². The maximum Gasteiger partial charge on any atom is 0.154 e. The van der Waals surface area contributed by atoms with Crippen LogP contribution in [0.1, 0.15) is 71.1 Å². The monoisotopic (exact) mass is 364 g/mol. The van der Waals surface area contributed by atoms with Gasteiger partial charge in [-0.3, -0.25) is 4.99 Å². The number of nitrogens with zero attached hydrogens (tertiary/aromatic N) is 1. The third-order valence-electron chi connectivity index (χ3n) is 3.12. The van der Waals surface area contributed by atoms with E-state index in [0.29, 0.717) is 11.7 Å². The Kier molecular flexibility index (Phi) is 21.3. The van der Waals surface area contributed by atoms with Crippen LogP contribution in [-0.2, 0) is 0 Å². The lowest BCUT2D eigenvalue weighted by Crippen LogP contribution is -2.07. The Morgan fingerprint density at radius 1 is 1.00 bits per heavy atom. The molecule has 0 aliphatic carbocycles. The molecule has 2 N–H and O–H groups in total. The lowest BCUT2D eigenvalue weighted by molar-refractivity contribution is 0.563. The van der Waals surface area contributed by atoms with Crippen LogP contribution in [0.4, 0.5) is 0 Å². The van der Waals surface area contributed by atoms with Crippen molar-refractivity contribution in [2.24, 2.45) is 10.7 Å². The quantitative estimate of drug-likeness (QED) is 0.196. The molecule has 20 heavy (non-hydrogen) atoms. The first-order valence-electron chi connectivity index (χ1n) is 7.84. The van der Waals surface area contributed by atoms with Crippen LogP contribution in [0, 0.1) is 0 Å². The molecule has 0 saturated heterocycles. The summed E-state index contributed by atoms with van der Waals surface area (Å²) in [4.78, 5) is 4.16. The number of hydrogen-bond donors (Lipinski definition) is 1. The molecule has 0 radical (unpaired) electrons. The highest BCUT2D eigenvalue weighted by molar-refractivity contribution is 8.93. The standard InChI is InChI=1S/C16H32N2S.BrH/c1-3-5-6-7-8-9-10-11-12-13-15-19-16(17)18-14-4-2;/h4H,2-3,5-15H2,1H3,(H2,17,18);1H. The normalized spacial score (nSPS) is 11.2. The van der Waals surface area contributed by atoms with Crippen LogP contribution < -0.4 is 5.73 Å². The number of amidine groups is 1. The van der Waals surface area contributed by atoms with Gasteiger partial charge in [0.25, 0.3) is 0 Å². The van der Waals surface area contributed by atoms with Crippen LogP contribution in [0.15, 0.2) is 17.6 Å². The minimum atomic E-state index is 0. The SMILES string of the molecule is Br.C=CCN=C(N)SCCCCCCCCCCCC. The molecule has 2 nitrogen and oxygen atoms in total. The Morgan fingerprint density at radius 3 is 2.00 bits per heavy atom. The van der Waals surface area contributed by atoms with Crippen LogP contribution in [0.2, 0.25) is 0 Å². The summed E-state index contributed by atoms with van der Waals surface area (Å²) in [5.41, 5.74) is 5.75.